The number of ether oxygens (including phenoxy) is 1. The molecule has 0 spiro atoms. The maximum absolute atomic E-state index is 11.5. The fraction of sp³-hybridized carbons (Fsp3) is 0.529. The number of nitrogens with zero attached hydrogens (tertiary/aromatic N) is 1. The Kier molecular flexibility index (Phi) is 5.55. The van der Waals surface area contributed by atoms with Crippen LogP contribution in [0.4, 0.5) is 0 Å². The van der Waals surface area contributed by atoms with Gasteiger partial charge in [-0.2, -0.15) is 0 Å². The quantitative estimate of drug-likeness (QED) is 0.817. The number of aliphatic carboxylic acids is 1. The van der Waals surface area contributed by atoms with Crippen LogP contribution in [-0.4, -0.2) is 48.0 Å². The third-order valence-electron chi connectivity index (χ3n) is 4.02. The lowest BCUT2D eigenvalue weighted by Gasteiger charge is -2.34. The van der Waals surface area contributed by atoms with Gasteiger partial charge in [0.2, 0.25) is 0 Å². The number of piperidine rings is 1. The number of carboxylic acids is 1. The Labute approximate surface area is 130 Å². The molecule has 120 valence electrons. The molecule has 2 unspecified atom stereocenters. The van der Waals surface area contributed by atoms with Gasteiger partial charge in [-0.1, -0.05) is 19.1 Å². The van der Waals surface area contributed by atoms with Gasteiger partial charge in [0, 0.05) is 19.6 Å². The van der Waals surface area contributed by atoms with Crippen LogP contribution in [0.5, 0.6) is 5.75 Å². The fourth-order valence-corrected chi connectivity index (χ4v) is 2.99. The summed E-state index contributed by atoms with van der Waals surface area (Å²) in [6.45, 7) is 6.17. The summed E-state index contributed by atoms with van der Waals surface area (Å²) < 4.78 is 5.72. The second-order valence-electron chi connectivity index (χ2n) is 6.04. The molecule has 1 N–H and O–H groups in total. The summed E-state index contributed by atoms with van der Waals surface area (Å²) >= 11 is 0. The first-order chi connectivity index (χ1) is 10.5. The van der Waals surface area contributed by atoms with Crippen LogP contribution in [0, 0.1) is 11.8 Å². The van der Waals surface area contributed by atoms with Crippen molar-refractivity contribution in [3.63, 3.8) is 0 Å². The fourth-order valence-electron chi connectivity index (χ4n) is 2.99. The monoisotopic (exact) mass is 305 g/mol. The van der Waals surface area contributed by atoms with E-state index >= 15 is 0 Å². The number of hydrogen-bond donors (Lipinski definition) is 1. The average Bonchev–Trinajstić information content (AvgIpc) is 2.47. The lowest BCUT2D eigenvalue weighted by molar-refractivity contribution is -0.144. The van der Waals surface area contributed by atoms with Crippen LogP contribution in [0.2, 0.25) is 0 Å². The van der Waals surface area contributed by atoms with Crippen molar-refractivity contribution in [2.75, 3.05) is 26.2 Å². The number of carboxylic acid groups (broad SMARTS) is 1. The zero-order chi connectivity index (χ0) is 16.1. The highest BCUT2D eigenvalue weighted by molar-refractivity contribution is 5.96. The van der Waals surface area contributed by atoms with Crippen molar-refractivity contribution in [1.29, 1.82) is 0 Å². The van der Waals surface area contributed by atoms with Crippen molar-refractivity contribution < 1.29 is 19.4 Å². The average molecular weight is 305 g/mol. The summed E-state index contributed by atoms with van der Waals surface area (Å²) in [6.07, 6.45) is 0.736. The Morgan fingerprint density at radius 1 is 1.32 bits per heavy atom. The second kappa shape index (κ2) is 7.40. The number of carbonyl (C=O) groups is 2. The molecule has 1 aromatic carbocycles. The van der Waals surface area contributed by atoms with Crippen LogP contribution in [0.15, 0.2) is 24.3 Å². The van der Waals surface area contributed by atoms with Gasteiger partial charge in [0.25, 0.3) is 0 Å². The first-order valence-electron chi connectivity index (χ1n) is 7.65. The summed E-state index contributed by atoms with van der Waals surface area (Å²) in [4.78, 5) is 24.8. The topological polar surface area (TPSA) is 66.8 Å². The minimum Gasteiger partial charge on any atom is -0.491 e. The molecule has 0 saturated carbocycles. The largest absolute Gasteiger partial charge is 0.491 e. The van der Waals surface area contributed by atoms with Gasteiger partial charge >= 0.3 is 5.97 Å². The molecule has 1 aromatic rings. The molecule has 0 aromatic heterocycles. The molecule has 1 saturated heterocycles. The van der Waals surface area contributed by atoms with E-state index in [0.29, 0.717) is 36.9 Å². The molecule has 22 heavy (non-hydrogen) atoms. The number of benzene rings is 1. The molecule has 0 aliphatic carbocycles. The van der Waals surface area contributed by atoms with Crippen LogP contribution < -0.4 is 4.74 Å². The van der Waals surface area contributed by atoms with E-state index in [1.54, 1.807) is 12.1 Å². The molecule has 2 atom stereocenters. The third-order valence-corrected chi connectivity index (χ3v) is 4.02. The van der Waals surface area contributed by atoms with Gasteiger partial charge in [-0.25, -0.2) is 0 Å². The van der Waals surface area contributed by atoms with Crippen molar-refractivity contribution in [2.45, 2.75) is 20.3 Å². The van der Waals surface area contributed by atoms with E-state index in [1.165, 1.54) is 6.92 Å². The van der Waals surface area contributed by atoms with Gasteiger partial charge in [-0.05, 0) is 31.4 Å². The molecule has 5 nitrogen and oxygen atoms in total. The Morgan fingerprint density at radius 2 is 2.05 bits per heavy atom. The van der Waals surface area contributed by atoms with Crippen LogP contribution in [0.3, 0.4) is 0 Å². The van der Waals surface area contributed by atoms with E-state index < -0.39 is 5.97 Å². The van der Waals surface area contributed by atoms with E-state index in [-0.39, 0.29) is 11.7 Å². The zero-order valence-electron chi connectivity index (χ0n) is 13.1. The Hall–Kier alpha value is -1.88. The van der Waals surface area contributed by atoms with E-state index in [4.69, 9.17) is 4.74 Å². The van der Waals surface area contributed by atoms with Crippen LogP contribution >= 0.6 is 0 Å². The summed E-state index contributed by atoms with van der Waals surface area (Å²) in [7, 11) is 0. The standard InChI is InChI=1S/C17H23NO4/c1-12-9-14(17(20)21)11-18(10-12)7-8-22-16-6-4-3-5-15(16)13(2)19/h3-6,12,14H,7-11H2,1-2H3,(H,20,21). The number of Topliss-reactive ketones (excluding diaryl/α,β-unsaturated/α-hetero) is 1. The van der Waals surface area contributed by atoms with Crippen molar-refractivity contribution in [2.24, 2.45) is 11.8 Å². The number of rotatable bonds is 6. The predicted molar refractivity (Wildman–Crippen MR) is 83.3 cm³/mol. The number of para-hydroxylation sites is 1. The van der Waals surface area contributed by atoms with Crippen LogP contribution in [-0.2, 0) is 4.79 Å². The van der Waals surface area contributed by atoms with Crippen molar-refractivity contribution in [1.82, 2.24) is 4.90 Å². The smallest absolute Gasteiger partial charge is 0.307 e. The van der Waals surface area contributed by atoms with Crippen LogP contribution in [0.1, 0.15) is 30.6 Å². The summed E-state index contributed by atoms with van der Waals surface area (Å²) in [5, 5.41) is 9.18. The molecular formula is C17H23NO4. The highest BCUT2D eigenvalue weighted by atomic mass is 16.5. The number of ketones is 1. The molecule has 1 fully saturated rings. The lowest BCUT2D eigenvalue weighted by Crippen LogP contribution is -2.44. The Bertz CT molecular complexity index is 543. The first kappa shape index (κ1) is 16.5. The lowest BCUT2D eigenvalue weighted by atomic mass is 9.90. The van der Waals surface area contributed by atoms with Gasteiger partial charge in [-0.15, -0.1) is 0 Å². The van der Waals surface area contributed by atoms with Gasteiger partial charge in [0.15, 0.2) is 5.78 Å². The Balaban J connectivity index is 1.88. The van der Waals surface area contributed by atoms with E-state index in [9.17, 15) is 14.7 Å². The first-order valence-corrected chi connectivity index (χ1v) is 7.65. The van der Waals surface area contributed by atoms with Gasteiger partial charge in [-0.3, -0.25) is 14.5 Å². The highest BCUT2D eigenvalue weighted by Crippen LogP contribution is 2.22. The molecule has 5 heteroatoms. The van der Waals surface area contributed by atoms with E-state index in [1.807, 2.05) is 12.1 Å². The van der Waals surface area contributed by atoms with Gasteiger partial charge in [0.05, 0.1) is 11.5 Å². The minimum absolute atomic E-state index is 0.0202. The van der Waals surface area contributed by atoms with Crippen LogP contribution in [0.25, 0.3) is 0 Å². The molecule has 1 aliphatic rings. The van der Waals surface area contributed by atoms with E-state index in [0.717, 1.165) is 13.0 Å². The number of hydrogen-bond acceptors (Lipinski definition) is 4. The summed E-state index contributed by atoms with van der Waals surface area (Å²) in [6, 6.07) is 7.19. The van der Waals surface area contributed by atoms with Gasteiger partial charge < -0.3 is 9.84 Å². The van der Waals surface area contributed by atoms with Gasteiger partial charge in [0.1, 0.15) is 12.4 Å². The zero-order valence-corrected chi connectivity index (χ0v) is 13.1. The molecule has 0 bridgehead atoms. The molecule has 0 radical (unpaired) electrons. The molecule has 1 aliphatic heterocycles. The molecule has 2 rings (SSSR count). The highest BCUT2D eigenvalue weighted by Gasteiger charge is 2.29. The molecule has 1 heterocycles. The van der Waals surface area contributed by atoms with Crippen molar-refractivity contribution in [3.05, 3.63) is 29.8 Å². The van der Waals surface area contributed by atoms with Crippen molar-refractivity contribution in [3.8, 4) is 5.75 Å². The third kappa shape index (κ3) is 4.31. The minimum atomic E-state index is -0.723. The maximum Gasteiger partial charge on any atom is 0.307 e. The number of likely N-dealkylation sites (tertiary alicyclic amines) is 1. The second-order valence-corrected chi connectivity index (χ2v) is 6.04. The predicted octanol–water partition coefficient (Wildman–Crippen LogP) is 2.31. The van der Waals surface area contributed by atoms with Crippen molar-refractivity contribution >= 4 is 11.8 Å². The normalized spacial score (nSPS) is 22.3. The van der Waals surface area contributed by atoms with E-state index in [2.05, 4.69) is 11.8 Å². The summed E-state index contributed by atoms with van der Waals surface area (Å²) in [5.74, 6) is -0.0741. The maximum atomic E-state index is 11.5. The number of carbonyl (C=O) groups excluding carboxylic acids is 1. The molecule has 0 amide bonds. The molecular weight excluding hydrogens is 282 g/mol. The SMILES string of the molecule is CC(=O)c1ccccc1OCCN1CC(C)CC(C(=O)O)C1. The Morgan fingerprint density at radius 3 is 2.73 bits per heavy atom. The summed E-state index contributed by atoms with van der Waals surface area (Å²) in [5.41, 5.74) is 0.581.